The molecule has 4 aromatic rings. The molecule has 3 heterocycles. The molecule has 2 N–H and O–H groups in total. The number of nitriles is 1. The number of anilines is 1. The first-order chi connectivity index (χ1) is 17.4. The number of benzene rings is 2. The summed E-state index contributed by atoms with van der Waals surface area (Å²) in [6.45, 7) is 5.71. The molecule has 182 valence electrons. The van der Waals surface area contributed by atoms with Crippen LogP contribution in [0, 0.1) is 17.1 Å². The molecule has 1 saturated heterocycles. The number of halogens is 1. The van der Waals surface area contributed by atoms with Gasteiger partial charge in [0, 0.05) is 31.4 Å². The summed E-state index contributed by atoms with van der Waals surface area (Å²) in [5, 5.41) is 13.0. The number of urea groups is 1. The minimum atomic E-state index is -0.299. The predicted molar refractivity (Wildman–Crippen MR) is 136 cm³/mol. The van der Waals surface area contributed by atoms with Gasteiger partial charge >= 0.3 is 6.03 Å². The molecule has 2 amide bonds. The van der Waals surface area contributed by atoms with Crippen LogP contribution in [-0.4, -0.2) is 51.6 Å². The van der Waals surface area contributed by atoms with E-state index in [1.54, 1.807) is 30.6 Å². The number of H-pyrrole nitrogens is 1. The highest BCUT2D eigenvalue weighted by atomic mass is 19.1. The first-order valence-electron chi connectivity index (χ1n) is 11.8. The topological polar surface area (TPSA) is 101 Å². The number of carbonyl (C=O) groups excluding carboxylic acids is 1. The van der Waals surface area contributed by atoms with E-state index < -0.39 is 0 Å². The zero-order chi connectivity index (χ0) is 25.2. The Hall–Kier alpha value is -4.45. The standard InChI is InChI=1S/C27H26FN7O/c1-17-15-34(11-12-35(17)27(36)32-18(2)20-7-9-22(28)10-8-20)26-23-13-24(33-25(23)30-16-31-26)21-5-3-19(14-29)4-6-21/h3-10,13,16-18H,11-12,15H2,1-2H3,(H,32,36)(H,30,31,33)/t17-,18?/m1/s1. The van der Waals surface area contributed by atoms with Crippen molar-refractivity contribution in [3.8, 4) is 17.3 Å². The monoisotopic (exact) mass is 483 g/mol. The van der Waals surface area contributed by atoms with Crippen LogP contribution in [-0.2, 0) is 0 Å². The van der Waals surface area contributed by atoms with Gasteiger partial charge in [-0.1, -0.05) is 24.3 Å². The van der Waals surface area contributed by atoms with E-state index in [9.17, 15) is 9.18 Å². The normalized spacial score (nSPS) is 16.6. The van der Waals surface area contributed by atoms with E-state index >= 15 is 0 Å². The van der Waals surface area contributed by atoms with Gasteiger partial charge < -0.3 is 20.1 Å². The number of hydrogen-bond donors (Lipinski definition) is 2. The summed E-state index contributed by atoms with van der Waals surface area (Å²) in [4.78, 5) is 29.3. The maximum absolute atomic E-state index is 13.2. The molecule has 36 heavy (non-hydrogen) atoms. The van der Waals surface area contributed by atoms with Crippen LogP contribution in [0.25, 0.3) is 22.3 Å². The third-order valence-corrected chi connectivity index (χ3v) is 6.63. The number of carbonyl (C=O) groups is 1. The predicted octanol–water partition coefficient (Wildman–Crippen LogP) is 4.62. The molecule has 2 aromatic carbocycles. The average Bonchev–Trinajstić information content (AvgIpc) is 3.33. The van der Waals surface area contributed by atoms with Gasteiger partial charge in [0.2, 0.25) is 0 Å². The lowest BCUT2D eigenvalue weighted by Gasteiger charge is -2.40. The van der Waals surface area contributed by atoms with Crippen molar-refractivity contribution in [2.75, 3.05) is 24.5 Å². The van der Waals surface area contributed by atoms with Crippen molar-refractivity contribution >= 4 is 22.9 Å². The minimum absolute atomic E-state index is 0.0406. The summed E-state index contributed by atoms with van der Waals surface area (Å²) >= 11 is 0. The van der Waals surface area contributed by atoms with Gasteiger partial charge in [0.05, 0.1) is 23.1 Å². The number of hydrogen-bond acceptors (Lipinski definition) is 5. The molecule has 1 aliphatic heterocycles. The van der Waals surface area contributed by atoms with Crippen LogP contribution in [0.3, 0.4) is 0 Å². The van der Waals surface area contributed by atoms with Gasteiger partial charge in [-0.15, -0.1) is 0 Å². The molecular weight excluding hydrogens is 457 g/mol. The molecule has 2 atom stereocenters. The Morgan fingerprint density at radius 2 is 1.92 bits per heavy atom. The number of aromatic amines is 1. The van der Waals surface area contributed by atoms with Crippen molar-refractivity contribution in [3.63, 3.8) is 0 Å². The van der Waals surface area contributed by atoms with Crippen molar-refractivity contribution in [2.45, 2.75) is 25.9 Å². The van der Waals surface area contributed by atoms with E-state index in [0.717, 1.165) is 33.7 Å². The second kappa shape index (κ2) is 9.66. The Bertz CT molecular complexity index is 1430. The summed E-state index contributed by atoms with van der Waals surface area (Å²) in [7, 11) is 0. The summed E-state index contributed by atoms with van der Waals surface area (Å²) in [5.41, 5.74) is 4.06. The van der Waals surface area contributed by atoms with Gasteiger partial charge in [-0.05, 0) is 55.3 Å². The molecule has 0 saturated carbocycles. The van der Waals surface area contributed by atoms with E-state index in [-0.39, 0.29) is 23.9 Å². The molecule has 0 spiro atoms. The fourth-order valence-corrected chi connectivity index (χ4v) is 4.61. The fourth-order valence-electron chi connectivity index (χ4n) is 4.61. The van der Waals surface area contributed by atoms with Gasteiger partial charge in [0.1, 0.15) is 23.6 Å². The Morgan fingerprint density at radius 3 is 2.61 bits per heavy atom. The number of fused-ring (bicyclic) bond motifs is 1. The van der Waals surface area contributed by atoms with Crippen molar-refractivity contribution in [2.24, 2.45) is 0 Å². The SMILES string of the molecule is CC(NC(=O)N1CCN(c2ncnc3[nH]c(-c4ccc(C#N)cc4)cc23)C[C@H]1C)c1ccc(F)cc1. The Morgan fingerprint density at radius 1 is 1.17 bits per heavy atom. The van der Waals surface area contributed by atoms with Crippen LogP contribution >= 0.6 is 0 Å². The van der Waals surface area contributed by atoms with E-state index in [0.29, 0.717) is 25.2 Å². The van der Waals surface area contributed by atoms with Crippen molar-refractivity contribution in [1.82, 2.24) is 25.2 Å². The van der Waals surface area contributed by atoms with Gasteiger partial charge in [0.15, 0.2) is 0 Å². The average molecular weight is 484 g/mol. The van der Waals surface area contributed by atoms with Crippen molar-refractivity contribution in [1.29, 1.82) is 5.26 Å². The van der Waals surface area contributed by atoms with Crippen LogP contribution in [0.1, 0.15) is 31.0 Å². The van der Waals surface area contributed by atoms with Crippen molar-refractivity contribution in [3.05, 3.63) is 77.9 Å². The van der Waals surface area contributed by atoms with Crippen LogP contribution in [0.4, 0.5) is 15.0 Å². The highest BCUT2D eigenvalue weighted by Crippen LogP contribution is 2.30. The number of nitrogens with zero attached hydrogens (tertiary/aromatic N) is 5. The fraction of sp³-hybridized carbons (Fsp3) is 0.259. The number of rotatable bonds is 4. The first-order valence-corrected chi connectivity index (χ1v) is 11.8. The second-order valence-corrected chi connectivity index (χ2v) is 9.04. The van der Waals surface area contributed by atoms with E-state index in [2.05, 4.69) is 31.2 Å². The van der Waals surface area contributed by atoms with Crippen LogP contribution < -0.4 is 10.2 Å². The summed E-state index contributed by atoms with van der Waals surface area (Å²) in [5.74, 6) is 0.523. The summed E-state index contributed by atoms with van der Waals surface area (Å²) in [6, 6.07) is 17.3. The lowest BCUT2D eigenvalue weighted by atomic mass is 10.1. The minimum Gasteiger partial charge on any atom is -0.352 e. The van der Waals surface area contributed by atoms with Gasteiger partial charge in [-0.2, -0.15) is 5.26 Å². The lowest BCUT2D eigenvalue weighted by molar-refractivity contribution is 0.168. The number of nitrogens with one attached hydrogen (secondary N) is 2. The third-order valence-electron chi connectivity index (χ3n) is 6.63. The van der Waals surface area contributed by atoms with Crippen molar-refractivity contribution < 1.29 is 9.18 Å². The maximum Gasteiger partial charge on any atom is 0.318 e. The molecule has 1 unspecified atom stereocenters. The Labute approximate surface area is 208 Å². The summed E-state index contributed by atoms with van der Waals surface area (Å²) < 4.78 is 13.2. The molecule has 9 heteroatoms. The first kappa shape index (κ1) is 23.3. The number of piperazine rings is 1. The maximum atomic E-state index is 13.2. The highest BCUT2D eigenvalue weighted by Gasteiger charge is 2.30. The second-order valence-electron chi connectivity index (χ2n) is 9.04. The number of amides is 2. The lowest BCUT2D eigenvalue weighted by Crippen LogP contribution is -2.57. The zero-order valence-electron chi connectivity index (χ0n) is 20.1. The smallest absolute Gasteiger partial charge is 0.318 e. The summed E-state index contributed by atoms with van der Waals surface area (Å²) in [6.07, 6.45) is 1.55. The highest BCUT2D eigenvalue weighted by molar-refractivity contribution is 5.92. The van der Waals surface area contributed by atoms with E-state index in [4.69, 9.17) is 5.26 Å². The molecule has 0 aliphatic carbocycles. The number of aromatic nitrogens is 3. The molecule has 0 bridgehead atoms. The Balaban J connectivity index is 1.30. The quantitative estimate of drug-likeness (QED) is 0.441. The third kappa shape index (κ3) is 4.58. The molecule has 2 aromatic heterocycles. The van der Waals surface area contributed by atoms with E-state index in [1.807, 2.05) is 36.9 Å². The van der Waals surface area contributed by atoms with Crippen LogP contribution in [0.2, 0.25) is 0 Å². The molecule has 5 rings (SSSR count). The molecule has 0 radical (unpaired) electrons. The molecular formula is C27H26FN7O. The Kier molecular flexibility index (Phi) is 6.25. The van der Waals surface area contributed by atoms with Gasteiger partial charge in [-0.25, -0.2) is 19.2 Å². The molecule has 1 fully saturated rings. The zero-order valence-corrected chi connectivity index (χ0v) is 20.1. The van der Waals surface area contributed by atoms with Gasteiger partial charge in [-0.3, -0.25) is 0 Å². The largest absolute Gasteiger partial charge is 0.352 e. The van der Waals surface area contributed by atoms with Crippen LogP contribution in [0.15, 0.2) is 60.9 Å². The molecule has 8 nitrogen and oxygen atoms in total. The van der Waals surface area contributed by atoms with E-state index in [1.165, 1.54) is 12.1 Å². The van der Waals surface area contributed by atoms with Crippen LogP contribution in [0.5, 0.6) is 0 Å². The molecule has 1 aliphatic rings. The van der Waals surface area contributed by atoms with Gasteiger partial charge in [0.25, 0.3) is 0 Å².